The SMILES string of the molecule is CC(=O)OCc1ccc(NC(=O)CNC(=O)C(NC(=O)CCC(=O)NCC(C)CC(C)CCN)C(C)C)cc1. The van der Waals surface area contributed by atoms with Gasteiger partial charge in [-0.3, -0.25) is 24.0 Å². The number of amides is 4. The van der Waals surface area contributed by atoms with Crippen molar-refractivity contribution in [3.05, 3.63) is 29.8 Å². The van der Waals surface area contributed by atoms with Gasteiger partial charge in [-0.05, 0) is 54.8 Å². The molecule has 11 nitrogen and oxygen atoms in total. The van der Waals surface area contributed by atoms with Gasteiger partial charge >= 0.3 is 5.97 Å². The van der Waals surface area contributed by atoms with Crippen LogP contribution in [0, 0.1) is 17.8 Å². The third-order valence-corrected chi connectivity index (χ3v) is 6.06. The van der Waals surface area contributed by atoms with Gasteiger partial charge in [-0.2, -0.15) is 0 Å². The monoisotopic (exact) mass is 547 g/mol. The Morgan fingerprint density at radius 3 is 2.10 bits per heavy atom. The highest BCUT2D eigenvalue weighted by Crippen LogP contribution is 2.14. The Bertz CT molecular complexity index is 950. The van der Waals surface area contributed by atoms with E-state index in [9.17, 15) is 24.0 Å². The molecule has 1 aromatic carbocycles. The molecule has 0 radical (unpaired) electrons. The molecule has 0 spiro atoms. The molecule has 39 heavy (non-hydrogen) atoms. The Kier molecular flexibility index (Phi) is 15.4. The number of anilines is 1. The van der Waals surface area contributed by atoms with E-state index in [2.05, 4.69) is 35.1 Å². The molecule has 1 aromatic rings. The number of carbonyl (C=O) groups excluding carboxylic acids is 5. The molecule has 0 aromatic heterocycles. The first-order valence-corrected chi connectivity index (χ1v) is 13.5. The van der Waals surface area contributed by atoms with Gasteiger partial charge in [0.2, 0.25) is 23.6 Å². The lowest BCUT2D eigenvalue weighted by Crippen LogP contribution is -2.51. The fraction of sp³-hybridized carbons (Fsp3) is 0.607. The van der Waals surface area contributed by atoms with Gasteiger partial charge in [0, 0.05) is 32.0 Å². The molecule has 3 atom stereocenters. The molecule has 6 N–H and O–H groups in total. The number of hydrogen-bond acceptors (Lipinski definition) is 7. The van der Waals surface area contributed by atoms with E-state index >= 15 is 0 Å². The minimum atomic E-state index is -0.849. The highest BCUT2D eigenvalue weighted by Gasteiger charge is 2.24. The number of hydrogen-bond donors (Lipinski definition) is 5. The topological polar surface area (TPSA) is 169 Å². The van der Waals surface area contributed by atoms with Crippen LogP contribution in [0.4, 0.5) is 5.69 Å². The highest BCUT2D eigenvalue weighted by atomic mass is 16.5. The Hall–Kier alpha value is -3.47. The van der Waals surface area contributed by atoms with Crippen LogP contribution < -0.4 is 27.0 Å². The Morgan fingerprint density at radius 2 is 1.51 bits per heavy atom. The number of rotatable bonds is 17. The summed E-state index contributed by atoms with van der Waals surface area (Å²) in [7, 11) is 0. The van der Waals surface area contributed by atoms with Crippen LogP contribution in [0.1, 0.15) is 65.9 Å². The minimum absolute atomic E-state index is 0.0193. The van der Waals surface area contributed by atoms with Gasteiger partial charge in [0.15, 0.2) is 0 Å². The van der Waals surface area contributed by atoms with Crippen molar-refractivity contribution in [3.63, 3.8) is 0 Å². The quantitative estimate of drug-likeness (QED) is 0.185. The first-order valence-electron chi connectivity index (χ1n) is 13.5. The van der Waals surface area contributed by atoms with Crippen LogP contribution in [0.5, 0.6) is 0 Å². The Morgan fingerprint density at radius 1 is 0.872 bits per heavy atom. The average Bonchev–Trinajstić information content (AvgIpc) is 2.87. The van der Waals surface area contributed by atoms with Gasteiger partial charge < -0.3 is 31.7 Å². The Labute approximate surface area is 231 Å². The van der Waals surface area contributed by atoms with Gasteiger partial charge in [-0.15, -0.1) is 0 Å². The predicted octanol–water partition coefficient (Wildman–Crippen LogP) is 1.85. The summed E-state index contributed by atoms with van der Waals surface area (Å²) in [6, 6.07) is 5.90. The second kappa shape index (κ2) is 17.9. The van der Waals surface area contributed by atoms with Crippen molar-refractivity contribution in [2.24, 2.45) is 23.5 Å². The fourth-order valence-corrected chi connectivity index (χ4v) is 3.91. The van der Waals surface area contributed by atoms with Crippen molar-refractivity contribution in [2.45, 2.75) is 73.0 Å². The highest BCUT2D eigenvalue weighted by molar-refractivity contribution is 5.96. The number of esters is 1. The zero-order valence-electron chi connectivity index (χ0n) is 23.8. The van der Waals surface area contributed by atoms with Gasteiger partial charge in [0.1, 0.15) is 12.6 Å². The summed E-state index contributed by atoms with van der Waals surface area (Å²) >= 11 is 0. The lowest BCUT2D eigenvalue weighted by atomic mass is 9.95. The number of nitrogens with two attached hydrogens (primary N) is 1. The van der Waals surface area contributed by atoms with Crippen LogP contribution in [0.3, 0.4) is 0 Å². The zero-order valence-corrected chi connectivity index (χ0v) is 23.8. The molecular weight excluding hydrogens is 502 g/mol. The first kappa shape index (κ1) is 33.6. The third-order valence-electron chi connectivity index (χ3n) is 6.06. The van der Waals surface area contributed by atoms with E-state index in [0.717, 1.165) is 18.4 Å². The number of benzene rings is 1. The summed E-state index contributed by atoms with van der Waals surface area (Å²) in [6.45, 7) is 10.1. The zero-order chi connectivity index (χ0) is 29.4. The van der Waals surface area contributed by atoms with Crippen molar-refractivity contribution in [1.29, 1.82) is 0 Å². The van der Waals surface area contributed by atoms with Crippen molar-refractivity contribution in [3.8, 4) is 0 Å². The maximum atomic E-state index is 12.7. The van der Waals surface area contributed by atoms with Gasteiger partial charge in [0.05, 0.1) is 6.54 Å². The van der Waals surface area contributed by atoms with Gasteiger partial charge in [0.25, 0.3) is 0 Å². The molecule has 11 heteroatoms. The maximum absolute atomic E-state index is 12.7. The van der Waals surface area contributed by atoms with Crippen LogP contribution in [-0.4, -0.2) is 55.3 Å². The van der Waals surface area contributed by atoms with E-state index in [0.29, 0.717) is 30.6 Å². The molecule has 1 rings (SSSR count). The summed E-state index contributed by atoms with van der Waals surface area (Å²) in [5.41, 5.74) is 6.87. The smallest absolute Gasteiger partial charge is 0.302 e. The van der Waals surface area contributed by atoms with E-state index in [4.69, 9.17) is 10.5 Å². The van der Waals surface area contributed by atoms with Crippen LogP contribution >= 0.6 is 0 Å². The predicted molar refractivity (Wildman–Crippen MR) is 149 cm³/mol. The summed E-state index contributed by atoms with van der Waals surface area (Å²) in [5, 5.41) is 10.7. The van der Waals surface area contributed by atoms with Crippen molar-refractivity contribution >= 4 is 35.3 Å². The van der Waals surface area contributed by atoms with E-state index in [1.807, 2.05) is 0 Å². The van der Waals surface area contributed by atoms with Crippen LogP contribution in [0.15, 0.2) is 24.3 Å². The van der Waals surface area contributed by atoms with Crippen molar-refractivity contribution in [1.82, 2.24) is 16.0 Å². The number of nitrogens with one attached hydrogen (secondary N) is 4. The van der Waals surface area contributed by atoms with Crippen LogP contribution in [0.2, 0.25) is 0 Å². The van der Waals surface area contributed by atoms with E-state index in [-0.39, 0.29) is 43.8 Å². The molecule has 0 bridgehead atoms. The summed E-state index contributed by atoms with van der Waals surface area (Å²) in [6.07, 6.45) is 1.88. The molecule has 4 amide bonds. The van der Waals surface area contributed by atoms with Crippen LogP contribution in [-0.2, 0) is 35.3 Å². The maximum Gasteiger partial charge on any atom is 0.302 e. The molecule has 0 aliphatic carbocycles. The van der Waals surface area contributed by atoms with E-state index in [1.165, 1.54) is 6.92 Å². The molecule has 0 fully saturated rings. The van der Waals surface area contributed by atoms with Gasteiger partial charge in [-0.1, -0.05) is 39.8 Å². The number of ether oxygens (including phenoxy) is 1. The molecule has 0 aliphatic heterocycles. The first-order chi connectivity index (χ1) is 18.4. The standard InChI is InChI=1S/C28H45N5O6/c1-18(2)27(33-25(36)11-10-24(35)30-15-20(4)14-19(3)12-13-29)28(38)31-16-26(37)32-23-8-6-22(7-9-23)17-39-21(5)34/h6-9,18-20,27H,10-17,29H2,1-5H3,(H,30,35)(H,31,38)(H,32,37)(H,33,36). The average molecular weight is 548 g/mol. The largest absolute Gasteiger partial charge is 0.461 e. The van der Waals surface area contributed by atoms with Crippen molar-refractivity contribution < 1.29 is 28.7 Å². The molecule has 3 unspecified atom stereocenters. The van der Waals surface area contributed by atoms with Gasteiger partial charge in [-0.25, -0.2) is 0 Å². The second-order valence-corrected chi connectivity index (χ2v) is 10.4. The molecular formula is C28H45N5O6. The molecule has 0 saturated carbocycles. The van der Waals surface area contributed by atoms with Crippen LogP contribution in [0.25, 0.3) is 0 Å². The molecule has 0 saturated heterocycles. The molecule has 218 valence electrons. The third kappa shape index (κ3) is 14.9. The normalized spacial score (nSPS) is 13.1. The van der Waals surface area contributed by atoms with Crippen molar-refractivity contribution in [2.75, 3.05) is 25.0 Å². The molecule has 0 heterocycles. The summed E-state index contributed by atoms with van der Waals surface area (Å²) in [5.74, 6) is -1.37. The lowest BCUT2D eigenvalue weighted by Gasteiger charge is -2.21. The minimum Gasteiger partial charge on any atom is -0.461 e. The second-order valence-electron chi connectivity index (χ2n) is 10.4. The molecule has 0 aliphatic rings. The lowest BCUT2D eigenvalue weighted by molar-refractivity contribution is -0.142. The summed E-state index contributed by atoms with van der Waals surface area (Å²) in [4.78, 5) is 60.4. The number of carbonyl (C=O) groups is 5. The van der Waals surface area contributed by atoms with E-state index < -0.39 is 23.8 Å². The Balaban J connectivity index is 2.42. The fourth-order valence-electron chi connectivity index (χ4n) is 3.91. The van der Waals surface area contributed by atoms with E-state index in [1.54, 1.807) is 38.1 Å². The summed E-state index contributed by atoms with van der Waals surface area (Å²) < 4.78 is 4.92.